The van der Waals surface area contributed by atoms with E-state index in [1.165, 1.54) is 26.4 Å². The number of halogens is 1. The maximum Gasteiger partial charge on any atom is 0.337 e. The Morgan fingerprint density at radius 3 is 2.64 bits per heavy atom. The van der Waals surface area contributed by atoms with Crippen LogP contribution in [0.3, 0.4) is 0 Å². The molecular weight excluding hydrogens is 303 g/mol. The predicted octanol–water partition coefficient (Wildman–Crippen LogP) is 4.50. The van der Waals surface area contributed by atoms with Gasteiger partial charge in [-0.3, -0.25) is 0 Å². The number of benzene rings is 2. The maximum atomic E-state index is 13.4. The fourth-order valence-corrected chi connectivity index (χ4v) is 3.31. The van der Waals surface area contributed by atoms with Gasteiger partial charge in [0.1, 0.15) is 11.6 Å². The first-order valence-electron chi connectivity index (χ1n) is 6.57. The molecule has 3 aromatic rings. The van der Waals surface area contributed by atoms with Crippen molar-refractivity contribution in [1.29, 1.82) is 0 Å². The maximum absolute atomic E-state index is 13.4. The molecule has 0 saturated carbocycles. The summed E-state index contributed by atoms with van der Waals surface area (Å²) in [6.07, 6.45) is 0. The van der Waals surface area contributed by atoms with Crippen molar-refractivity contribution in [2.75, 3.05) is 14.2 Å². The highest BCUT2D eigenvalue weighted by molar-refractivity contribution is 7.17. The number of rotatable bonds is 3. The number of ether oxygens (including phenoxy) is 2. The first-order valence-corrected chi connectivity index (χ1v) is 7.45. The predicted molar refractivity (Wildman–Crippen MR) is 85.1 cm³/mol. The van der Waals surface area contributed by atoms with E-state index in [9.17, 15) is 9.18 Å². The molecule has 0 fully saturated rings. The van der Waals surface area contributed by atoms with Gasteiger partial charge >= 0.3 is 5.97 Å². The molecule has 3 nitrogen and oxygen atoms in total. The molecule has 0 aliphatic rings. The lowest BCUT2D eigenvalue weighted by atomic mass is 10.0. The second kappa shape index (κ2) is 5.77. The number of thiophene rings is 1. The van der Waals surface area contributed by atoms with E-state index in [0.717, 1.165) is 21.2 Å². The fraction of sp³-hybridized carbons (Fsp3) is 0.118. The Hall–Kier alpha value is -2.40. The van der Waals surface area contributed by atoms with Crippen LogP contribution in [-0.2, 0) is 4.74 Å². The molecule has 5 heteroatoms. The minimum atomic E-state index is -0.384. The topological polar surface area (TPSA) is 35.5 Å². The van der Waals surface area contributed by atoms with Crippen LogP contribution in [0, 0.1) is 5.82 Å². The summed E-state index contributed by atoms with van der Waals surface area (Å²) in [7, 11) is 2.86. The van der Waals surface area contributed by atoms with Crippen LogP contribution in [0.1, 0.15) is 10.4 Å². The van der Waals surface area contributed by atoms with Gasteiger partial charge < -0.3 is 9.47 Å². The van der Waals surface area contributed by atoms with Gasteiger partial charge in [-0.25, -0.2) is 9.18 Å². The highest BCUT2D eigenvalue weighted by Crippen LogP contribution is 2.39. The molecule has 0 bridgehead atoms. The van der Waals surface area contributed by atoms with Gasteiger partial charge in [0.15, 0.2) is 0 Å². The number of hydrogen-bond acceptors (Lipinski definition) is 4. The van der Waals surface area contributed by atoms with Crippen molar-refractivity contribution >= 4 is 27.4 Å². The van der Waals surface area contributed by atoms with Crippen LogP contribution in [0.2, 0.25) is 0 Å². The minimum Gasteiger partial charge on any atom is -0.496 e. The van der Waals surface area contributed by atoms with Crippen LogP contribution in [0.4, 0.5) is 4.39 Å². The average Bonchev–Trinajstić information content (AvgIpc) is 2.96. The van der Waals surface area contributed by atoms with E-state index < -0.39 is 0 Å². The van der Waals surface area contributed by atoms with Crippen LogP contribution in [-0.4, -0.2) is 20.2 Å². The van der Waals surface area contributed by atoms with Gasteiger partial charge in [-0.05, 0) is 35.7 Å². The number of carbonyl (C=O) groups excluding carboxylic acids is 1. The molecule has 0 N–H and O–H groups in total. The molecule has 0 saturated heterocycles. The third-order valence-corrected chi connectivity index (χ3v) is 4.41. The molecular formula is C17H13FO3S. The van der Waals surface area contributed by atoms with Crippen molar-refractivity contribution in [1.82, 2.24) is 0 Å². The molecule has 0 atom stereocenters. The number of methoxy groups -OCH3 is 2. The zero-order valence-corrected chi connectivity index (χ0v) is 12.9. The fourth-order valence-electron chi connectivity index (χ4n) is 2.37. The molecule has 2 aromatic carbocycles. The number of esters is 1. The van der Waals surface area contributed by atoms with Crippen molar-refractivity contribution in [3.63, 3.8) is 0 Å². The Labute approximate surface area is 130 Å². The monoisotopic (exact) mass is 316 g/mol. The van der Waals surface area contributed by atoms with Crippen molar-refractivity contribution in [2.24, 2.45) is 0 Å². The molecule has 3 rings (SSSR count). The molecule has 0 unspecified atom stereocenters. The summed E-state index contributed by atoms with van der Waals surface area (Å²) in [6.45, 7) is 0. The first kappa shape index (κ1) is 14.5. The summed E-state index contributed by atoms with van der Waals surface area (Å²) in [5.41, 5.74) is 2.18. The highest BCUT2D eigenvalue weighted by Gasteiger charge is 2.14. The second-order valence-electron chi connectivity index (χ2n) is 4.70. The first-order chi connectivity index (χ1) is 10.6. The minimum absolute atomic E-state index is 0.351. The third-order valence-electron chi connectivity index (χ3n) is 3.45. The number of fused-ring (bicyclic) bond motifs is 1. The van der Waals surface area contributed by atoms with Crippen LogP contribution in [0.15, 0.2) is 41.8 Å². The summed E-state index contributed by atoms with van der Waals surface area (Å²) in [4.78, 5) is 11.7. The molecule has 0 amide bonds. The van der Waals surface area contributed by atoms with Crippen molar-refractivity contribution in [2.45, 2.75) is 0 Å². The van der Waals surface area contributed by atoms with Crippen LogP contribution in [0.5, 0.6) is 5.75 Å². The molecule has 0 aliphatic heterocycles. The van der Waals surface area contributed by atoms with E-state index in [4.69, 9.17) is 9.47 Å². The third kappa shape index (κ3) is 2.44. The van der Waals surface area contributed by atoms with Gasteiger partial charge in [0.2, 0.25) is 0 Å². The zero-order valence-electron chi connectivity index (χ0n) is 12.1. The summed E-state index contributed by atoms with van der Waals surface area (Å²) < 4.78 is 24.4. The van der Waals surface area contributed by atoms with Crippen LogP contribution < -0.4 is 4.74 Å². The average molecular weight is 316 g/mol. The standard InChI is InChI=1S/C17H13FO3S/c1-20-15-8-11(18)4-5-12(15)14-9-22-16-6-3-10(7-13(14)16)17(19)21-2/h3-9H,1-2H3. The van der Waals surface area contributed by atoms with E-state index in [2.05, 4.69) is 0 Å². The molecule has 1 heterocycles. The van der Waals surface area contributed by atoms with E-state index >= 15 is 0 Å². The van der Waals surface area contributed by atoms with Crippen molar-refractivity contribution < 1.29 is 18.7 Å². The van der Waals surface area contributed by atoms with Gasteiger partial charge in [0.25, 0.3) is 0 Å². The normalized spacial score (nSPS) is 10.7. The Bertz CT molecular complexity index is 854. The summed E-state index contributed by atoms with van der Waals surface area (Å²) in [5.74, 6) is -0.274. The highest BCUT2D eigenvalue weighted by atomic mass is 32.1. The Balaban J connectivity index is 2.21. The molecule has 112 valence electrons. The quantitative estimate of drug-likeness (QED) is 0.667. The van der Waals surface area contributed by atoms with E-state index in [0.29, 0.717) is 11.3 Å². The second-order valence-corrected chi connectivity index (χ2v) is 5.61. The SMILES string of the molecule is COC(=O)c1ccc2scc(-c3ccc(F)cc3OC)c2c1. The summed E-state index contributed by atoms with van der Waals surface area (Å²) >= 11 is 1.56. The Kier molecular flexibility index (Phi) is 3.81. The van der Waals surface area contributed by atoms with E-state index in [-0.39, 0.29) is 11.8 Å². The molecule has 22 heavy (non-hydrogen) atoms. The van der Waals surface area contributed by atoms with Gasteiger partial charge in [0.05, 0.1) is 19.8 Å². The Morgan fingerprint density at radius 2 is 1.91 bits per heavy atom. The lowest BCUT2D eigenvalue weighted by Gasteiger charge is -2.08. The largest absolute Gasteiger partial charge is 0.496 e. The van der Waals surface area contributed by atoms with Gasteiger partial charge in [-0.15, -0.1) is 11.3 Å². The van der Waals surface area contributed by atoms with Gasteiger partial charge in [-0.2, -0.15) is 0 Å². The lowest BCUT2D eigenvalue weighted by Crippen LogP contribution is -2.00. The lowest BCUT2D eigenvalue weighted by molar-refractivity contribution is 0.0601. The van der Waals surface area contributed by atoms with Gasteiger partial charge in [-0.1, -0.05) is 0 Å². The smallest absolute Gasteiger partial charge is 0.337 e. The molecule has 0 spiro atoms. The number of carbonyl (C=O) groups is 1. The molecule has 1 aromatic heterocycles. The number of hydrogen-bond donors (Lipinski definition) is 0. The van der Waals surface area contributed by atoms with Crippen molar-refractivity contribution in [3.05, 3.63) is 53.2 Å². The van der Waals surface area contributed by atoms with Crippen LogP contribution in [0.25, 0.3) is 21.2 Å². The molecule has 0 aliphatic carbocycles. The zero-order chi connectivity index (χ0) is 15.7. The van der Waals surface area contributed by atoms with E-state index in [1.807, 2.05) is 11.4 Å². The van der Waals surface area contributed by atoms with Gasteiger partial charge in [0, 0.05) is 27.3 Å². The van der Waals surface area contributed by atoms with Crippen LogP contribution >= 0.6 is 11.3 Å². The van der Waals surface area contributed by atoms with E-state index in [1.54, 1.807) is 29.5 Å². The van der Waals surface area contributed by atoms with Crippen molar-refractivity contribution in [3.8, 4) is 16.9 Å². The summed E-state index contributed by atoms with van der Waals surface area (Å²) in [5, 5.41) is 2.89. The Morgan fingerprint density at radius 1 is 1.09 bits per heavy atom. The summed E-state index contributed by atoms with van der Waals surface area (Å²) in [6, 6.07) is 9.83. The molecule has 0 radical (unpaired) electrons.